The van der Waals surface area contributed by atoms with E-state index >= 15 is 0 Å². The molecule has 1 aliphatic rings. The fourth-order valence-electron chi connectivity index (χ4n) is 3.48. The second-order valence-corrected chi connectivity index (χ2v) is 10.2. The van der Waals surface area contributed by atoms with Crippen molar-refractivity contribution in [2.24, 2.45) is 7.05 Å². The summed E-state index contributed by atoms with van der Waals surface area (Å²) in [6, 6.07) is 15.4. The highest BCUT2D eigenvalue weighted by Crippen LogP contribution is 2.33. The minimum absolute atomic E-state index is 0.000559. The van der Waals surface area contributed by atoms with E-state index < -0.39 is 0 Å². The van der Waals surface area contributed by atoms with Gasteiger partial charge in [-0.05, 0) is 47.5 Å². The Morgan fingerprint density at radius 1 is 1.10 bits per heavy atom. The van der Waals surface area contributed by atoms with Crippen LogP contribution in [0.5, 0.6) is 0 Å². The van der Waals surface area contributed by atoms with Crippen LogP contribution in [-0.2, 0) is 17.3 Å². The number of carbonyl (C=O) groups excluding carboxylic acids is 2. The maximum absolute atomic E-state index is 12.9. The van der Waals surface area contributed by atoms with Gasteiger partial charge >= 0.3 is 0 Å². The Labute approximate surface area is 191 Å². The lowest BCUT2D eigenvalue weighted by Gasteiger charge is -2.19. The van der Waals surface area contributed by atoms with E-state index in [0.717, 1.165) is 27.0 Å². The number of para-hydroxylation sites is 1. The number of benzene rings is 2. The van der Waals surface area contributed by atoms with Gasteiger partial charge in [0.25, 0.3) is 11.8 Å². The van der Waals surface area contributed by atoms with E-state index in [9.17, 15) is 9.59 Å². The van der Waals surface area contributed by atoms with Gasteiger partial charge in [-0.2, -0.15) is 5.01 Å². The average molecular weight is 450 g/mol. The third-order valence-electron chi connectivity index (χ3n) is 5.23. The van der Waals surface area contributed by atoms with Crippen LogP contribution in [-0.4, -0.2) is 25.7 Å². The van der Waals surface area contributed by atoms with Crippen molar-refractivity contribution in [3.8, 4) is 0 Å². The monoisotopic (exact) mass is 449 g/mol. The van der Waals surface area contributed by atoms with Gasteiger partial charge in [0.1, 0.15) is 0 Å². The molecule has 1 aromatic heterocycles. The minimum Gasteiger partial charge on any atom is -0.350 e. The summed E-state index contributed by atoms with van der Waals surface area (Å²) in [7, 11) is 1.97. The number of aryl methyl sites for hydroxylation is 1. The van der Waals surface area contributed by atoms with E-state index in [0.29, 0.717) is 14.8 Å². The zero-order valence-corrected chi connectivity index (χ0v) is 19.4. The molecule has 2 heterocycles. The van der Waals surface area contributed by atoms with Gasteiger partial charge in [-0.15, -0.1) is 0 Å². The standard InChI is InChI=1S/C24H23N3O2S2/c1-24(2,3)17-11-9-15(10-12-17)21(28)25-27-22(29)20(31-23(27)30)13-16-14-26(4)19-8-6-5-7-18(16)19/h5-14H,1-4H3,(H,25,28)/b20-13-. The molecular formula is C24H23N3O2S2. The van der Waals surface area contributed by atoms with Crippen LogP contribution in [0.4, 0.5) is 0 Å². The molecule has 158 valence electrons. The minimum atomic E-state index is -0.372. The smallest absolute Gasteiger partial charge is 0.285 e. The molecule has 1 saturated heterocycles. The van der Waals surface area contributed by atoms with Crippen molar-refractivity contribution >= 4 is 57.1 Å². The molecule has 1 N–H and O–H groups in total. The lowest BCUT2D eigenvalue weighted by atomic mass is 9.87. The Morgan fingerprint density at radius 3 is 2.45 bits per heavy atom. The van der Waals surface area contributed by atoms with Crippen molar-refractivity contribution in [2.45, 2.75) is 26.2 Å². The fourth-order valence-corrected chi connectivity index (χ4v) is 4.65. The van der Waals surface area contributed by atoms with Gasteiger partial charge < -0.3 is 4.57 Å². The number of amides is 2. The van der Waals surface area contributed by atoms with E-state index in [1.165, 1.54) is 11.8 Å². The molecule has 1 aliphatic heterocycles. The SMILES string of the molecule is Cn1cc(/C=C2\SC(=S)N(NC(=O)c3ccc(C(C)(C)C)cc3)C2=O)c2ccccc21. The molecule has 2 aromatic carbocycles. The van der Waals surface area contributed by atoms with E-state index in [4.69, 9.17) is 12.2 Å². The van der Waals surface area contributed by atoms with Crippen molar-refractivity contribution in [3.63, 3.8) is 0 Å². The summed E-state index contributed by atoms with van der Waals surface area (Å²) >= 11 is 6.54. The summed E-state index contributed by atoms with van der Waals surface area (Å²) in [4.78, 5) is 26.1. The normalized spacial score (nSPS) is 15.9. The van der Waals surface area contributed by atoms with Gasteiger partial charge in [-0.3, -0.25) is 15.0 Å². The Morgan fingerprint density at radius 2 is 1.77 bits per heavy atom. The Bertz CT molecular complexity index is 1230. The number of aromatic nitrogens is 1. The molecule has 0 spiro atoms. The largest absolute Gasteiger partial charge is 0.350 e. The molecule has 4 rings (SSSR count). The molecule has 0 unspecified atom stereocenters. The van der Waals surface area contributed by atoms with E-state index in [1.54, 1.807) is 12.1 Å². The molecule has 0 saturated carbocycles. The predicted molar refractivity (Wildman–Crippen MR) is 131 cm³/mol. The highest BCUT2D eigenvalue weighted by molar-refractivity contribution is 8.26. The molecule has 0 bridgehead atoms. The second-order valence-electron chi connectivity index (χ2n) is 8.50. The first-order valence-corrected chi connectivity index (χ1v) is 11.1. The molecule has 3 aromatic rings. The highest BCUT2D eigenvalue weighted by Gasteiger charge is 2.34. The molecule has 0 aliphatic carbocycles. The topological polar surface area (TPSA) is 54.3 Å². The Hall–Kier alpha value is -2.90. The number of carbonyl (C=O) groups is 2. The summed E-state index contributed by atoms with van der Waals surface area (Å²) < 4.78 is 2.32. The van der Waals surface area contributed by atoms with Gasteiger partial charge in [0.2, 0.25) is 0 Å². The quantitative estimate of drug-likeness (QED) is 0.451. The van der Waals surface area contributed by atoms with Crippen molar-refractivity contribution in [1.82, 2.24) is 15.0 Å². The average Bonchev–Trinajstić information content (AvgIpc) is 3.19. The molecule has 0 radical (unpaired) electrons. The predicted octanol–water partition coefficient (Wildman–Crippen LogP) is 5.02. The zero-order valence-electron chi connectivity index (χ0n) is 17.8. The van der Waals surface area contributed by atoms with Crippen molar-refractivity contribution in [2.75, 3.05) is 0 Å². The molecular weight excluding hydrogens is 426 g/mol. The van der Waals surface area contributed by atoms with Crippen LogP contribution >= 0.6 is 24.0 Å². The first-order chi connectivity index (χ1) is 14.6. The molecule has 5 nitrogen and oxygen atoms in total. The van der Waals surface area contributed by atoms with Crippen LogP contribution in [0, 0.1) is 0 Å². The number of hydrazine groups is 1. The summed E-state index contributed by atoms with van der Waals surface area (Å²) in [6.07, 6.45) is 3.80. The summed E-state index contributed by atoms with van der Waals surface area (Å²) in [5.74, 6) is -0.703. The van der Waals surface area contributed by atoms with Crippen LogP contribution in [0.2, 0.25) is 0 Å². The highest BCUT2D eigenvalue weighted by atomic mass is 32.2. The molecule has 1 fully saturated rings. The van der Waals surface area contributed by atoms with Crippen LogP contribution in [0.3, 0.4) is 0 Å². The van der Waals surface area contributed by atoms with Crippen LogP contribution in [0.15, 0.2) is 59.6 Å². The molecule has 0 atom stereocenters. The molecule has 31 heavy (non-hydrogen) atoms. The fraction of sp³-hybridized carbons (Fsp3) is 0.208. The summed E-state index contributed by atoms with van der Waals surface area (Å²) in [6.45, 7) is 6.35. The van der Waals surface area contributed by atoms with Gasteiger partial charge in [0.05, 0.1) is 4.91 Å². The van der Waals surface area contributed by atoms with Gasteiger partial charge in [0, 0.05) is 35.3 Å². The number of thiocarbonyl (C=S) groups is 1. The third-order valence-corrected chi connectivity index (χ3v) is 6.54. The number of nitrogens with zero attached hydrogens (tertiary/aromatic N) is 2. The van der Waals surface area contributed by atoms with E-state index in [1.807, 2.05) is 60.3 Å². The van der Waals surface area contributed by atoms with Gasteiger partial charge in [-0.25, -0.2) is 0 Å². The van der Waals surface area contributed by atoms with Gasteiger partial charge in [0.15, 0.2) is 4.32 Å². The number of hydrogen-bond donors (Lipinski definition) is 1. The lowest BCUT2D eigenvalue weighted by molar-refractivity contribution is -0.123. The molecule has 7 heteroatoms. The lowest BCUT2D eigenvalue weighted by Crippen LogP contribution is -2.44. The second kappa shape index (κ2) is 7.98. The summed E-state index contributed by atoms with van der Waals surface area (Å²) in [5.41, 5.74) is 6.26. The maximum atomic E-state index is 12.9. The maximum Gasteiger partial charge on any atom is 0.285 e. The van der Waals surface area contributed by atoms with Crippen molar-refractivity contribution < 1.29 is 9.59 Å². The molecule has 2 amide bonds. The first kappa shape index (κ1) is 21.3. The van der Waals surface area contributed by atoms with Crippen LogP contribution in [0.25, 0.3) is 17.0 Å². The number of rotatable bonds is 3. The number of fused-ring (bicyclic) bond motifs is 1. The Balaban J connectivity index is 1.54. The summed E-state index contributed by atoms with van der Waals surface area (Å²) in [5, 5.41) is 2.20. The van der Waals surface area contributed by atoms with Crippen LogP contribution < -0.4 is 5.43 Å². The van der Waals surface area contributed by atoms with E-state index in [2.05, 4.69) is 26.2 Å². The Kier molecular flexibility index (Phi) is 5.49. The zero-order chi connectivity index (χ0) is 22.3. The van der Waals surface area contributed by atoms with Crippen molar-refractivity contribution in [3.05, 3.63) is 76.3 Å². The third kappa shape index (κ3) is 4.16. The van der Waals surface area contributed by atoms with Crippen LogP contribution in [0.1, 0.15) is 42.3 Å². The number of hydrogen-bond acceptors (Lipinski definition) is 4. The van der Waals surface area contributed by atoms with E-state index in [-0.39, 0.29) is 17.2 Å². The van der Waals surface area contributed by atoms with Gasteiger partial charge in [-0.1, -0.05) is 62.9 Å². The number of nitrogens with one attached hydrogen (secondary N) is 1. The number of thioether (sulfide) groups is 1. The van der Waals surface area contributed by atoms with Crippen molar-refractivity contribution in [1.29, 1.82) is 0 Å². The first-order valence-electron chi connectivity index (χ1n) is 9.89.